The number of aromatic nitrogens is 3. The monoisotopic (exact) mass is 295 g/mol. The zero-order chi connectivity index (χ0) is 15.4. The third-order valence-electron chi connectivity index (χ3n) is 4.35. The molecule has 0 saturated heterocycles. The molecule has 3 heteroatoms. The Morgan fingerprint density at radius 3 is 2.48 bits per heavy atom. The molecule has 0 aliphatic heterocycles. The molecule has 0 bridgehead atoms. The van der Waals surface area contributed by atoms with Crippen LogP contribution in [0.1, 0.15) is 5.56 Å². The molecule has 0 aliphatic rings. The first kappa shape index (κ1) is 12.5. The van der Waals surface area contributed by atoms with Crippen molar-refractivity contribution in [2.75, 3.05) is 0 Å². The lowest BCUT2D eigenvalue weighted by molar-refractivity contribution is 1.37. The summed E-state index contributed by atoms with van der Waals surface area (Å²) in [5, 5.41) is 3.27. The van der Waals surface area contributed by atoms with Gasteiger partial charge in [-0.1, -0.05) is 36.4 Å². The third kappa shape index (κ3) is 1.80. The van der Waals surface area contributed by atoms with Gasteiger partial charge in [0, 0.05) is 22.4 Å². The van der Waals surface area contributed by atoms with Gasteiger partial charge in [0.15, 0.2) is 0 Å². The van der Waals surface area contributed by atoms with Gasteiger partial charge in [-0.3, -0.25) is 4.98 Å². The number of rotatable bonds is 0. The van der Waals surface area contributed by atoms with Crippen LogP contribution in [0.3, 0.4) is 0 Å². The number of fused-ring (bicyclic) bond motifs is 5. The zero-order valence-corrected chi connectivity index (χ0v) is 12.6. The van der Waals surface area contributed by atoms with E-state index < -0.39 is 0 Å². The number of para-hydroxylation sites is 2. The normalized spacial score (nSPS) is 11.7. The van der Waals surface area contributed by atoms with Crippen molar-refractivity contribution in [3.05, 3.63) is 66.4 Å². The summed E-state index contributed by atoms with van der Waals surface area (Å²) in [5.41, 5.74) is 5.85. The molecule has 5 rings (SSSR count). The van der Waals surface area contributed by atoms with Crippen LogP contribution in [0.15, 0.2) is 60.8 Å². The molecule has 23 heavy (non-hydrogen) atoms. The molecule has 3 heterocycles. The van der Waals surface area contributed by atoms with Gasteiger partial charge in [-0.05, 0) is 30.7 Å². The Morgan fingerprint density at radius 2 is 1.52 bits per heavy atom. The Balaban J connectivity index is 2.01. The van der Waals surface area contributed by atoms with E-state index in [1.54, 1.807) is 0 Å². The van der Waals surface area contributed by atoms with Crippen LogP contribution in [-0.2, 0) is 0 Å². The van der Waals surface area contributed by atoms with E-state index in [9.17, 15) is 0 Å². The van der Waals surface area contributed by atoms with Crippen molar-refractivity contribution < 1.29 is 0 Å². The first-order valence-electron chi connectivity index (χ1n) is 7.64. The molecule has 5 aromatic rings. The predicted octanol–water partition coefficient (Wildman–Crippen LogP) is 4.79. The molecular formula is C20H13N3. The van der Waals surface area contributed by atoms with E-state index >= 15 is 0 Å². The van der Waals surface area contributed by atoms with Gasteiger partial charge >= 0.3 is 0 Å². The highest BCUT2D eigenvalue weighted by Gasteiger charge is 2.09. The molecule has 0 atom stereocenters. The fourth-order valence-corrected chi connectivity index (χ4v) is 3.17. The van der Waals surface area contributed by atoms with Crippen LogP contribution in [0.5, 0.6) is 0 Å². The Morgan fingerprint density at radius 1 is 0.652 bits per heavy atom. The molecule has 3 nitrogen and oxygen atoms in total. The summed E-state index contributed by atoms with van der Waals surface area (Å²) in [6.45, 7) is 2.09. The summed E-state index contributed by atoms with van der Waals surface area (Å²) >= 11 is 0. The number of hydrogen-bond donors (Lipinski definition) is 0. The van der Waals surface area contributed by atoms with Crippen LogP contribution in [-0.4, -0.2) is 15.0 Å². The lowest BCUT2D eigenvalue weighted by Crippen LogP contribution is -1.91. The number of hydrogen-bond acceptors (Lipinski definition) is 3. The van der Waals surface area contributed by atoms with Crippen LogP contribution in [0.4, 0.5) is 0 Å². The lowest BCUT2D eigenvalue weighted by Gasteiger charge is -2.07. The van der Waals surface area contributed by atoms with Crippen molar-refractivity contribution in [2.24, 2.45) is 0 Å². The number of nitrogens with zero attached hydrogens (tertiary/aromatic N) is 3. The quantitative estimate of drug-likeness (QED) is 0.304. The van der Waals surface area contributed by atoms with E-state index in [0.29, 0.717) is 0 Å². The standard InChI is InChI=1S/C20H13N3/c1-12-5-4-7-14-9-15-11-21-17-10-13-6-2-3-8-16(13)22-20(17)19(15)23-18(12)14/h2-11H,1H3. The fraction of sp³-hybridized carbons (Fsp3) is 0.0500. The molecule has 0 unspecified atom stereocenters. The second kappa shape index (κ2) is 4.46. The molecular weight excluding hydrogens is 282 g/mol. The van der Waals surface area contributed by atoms with Gasteiger partial charge in [0.1, 0.15) is 11.0 Å². The lowest BCUT2D eigenvalue weighted by atomic mass is 10.1. The van der Waals surface area contributed by atoms with Crippen molar-refractivity contribution in [1.82, 2.24) is 15.0 Å². The molecule has 0 aliphatic carbocycles. The minimum absolute atomic E-state index is 0.867. The summed E-state index contributed by atoms with van der Waals surface area (Å²) in [7, 11) is 0. The van der Waals surface area contributed by atoms with Crippen LogP contribution in [0.2, 0.25) is 0 Å². The Hall–Kier alpha value is -3.07. The van der Waals surface area contributed by atoms with Crippen LogP contribution < -0.4 is 0 Å². The second-order valence-electron chi connectivity index (χ2n) is 5.88. The molecule has 3 aromatic heterocycles. The minimum Gasteiger partial charge on any atom is -0.254 e. The first-order chi connectivity index (χ1) is 11.3. The SMILES string of the molecule is Cc1cccc2cc3cnc4cc5ccccc5nc4c3nc12. The smallest absolute Gasteiger partial charge is 0.116 e. The van der Waals surface area contributed by atoms with Crippen molar-refractivity contribution in [2.45, 2.75) is 6.92 Å². The summed E-state index contributed by atoms with van der Waals surface area (Å²) < 4.78 is 0. The molecule has 0 amide bonds. The van der Waals surface area contributed by atoms with Crippen molar-refractivity contribution in [3.8, 4) is 0 Å². The highest BCUT2D eigenvalue weighted by Crippen LogP contribution is 2.27. The van der Waals surface area contributed by atoms with E-state index in [2.05, 4.69) is 48.3 Å². The Kier molecular flexibility index (Phi) is 2.42. The average Bonchev–Trinajstić information content (AvgIpc) is 2.59. The van der Waals surface area contributed by atoms with Gasteiger partial charge < -0.3 is 0 Å². The minimum atomic E-state index is 0.867. The molecule has 108 valence electrons. The highest BCUT2D eigenvalue weighted by molar-refractivity contribution is 6.07. The summed E-state index contributed by atoms with van der Waals surface area (Å²) in [4.78, 5) is 14.3. The summed E-state index contributed by atoms with van der Waals surface area (Å²) in [6, 6.07) is 18.6. The van der Waals surface area contributed by atoms with Crippen molar-refractivity contribution >= 4 is 43.7 Å². The molecule has 0 fully saturated rings. The van der Waals surface area contributed by atoms with Gasteiger partial charge in [-0.2, -0.15) is 0 Å². The molecule has 0 spiro atoms. The molecule has 2 aromatic carbocycles. The highest BCUT2D eigenvalue weighted by atomic mass is 14.8. The Labute approximate surface area is 132 Å². The van der Waals surface area contributed by atoms with Gasteiger partial charge in [-0.25, -0.2) is 9.97 Å². The van der Waals surface area contributed by atoms with E-state index in [4.69, 9.17) is 9.97 Å². The van der Waals surface area contributed by atoms with E-state index in [-0.39, 0.29) is 0 Å². The summed E-state index contributed by atoms with van der Waals surface area (Å²) in [6.07, 6.45) is 1.89. The average molecular weight is 295 g/mol. The second-order valence-corrected chi connectivity index (χ2v) is 5.88. The van der Waals surface area contributed by atoms with Gasteiger partial charge in [0.25, 0.3) is 0 Å². The maximum atomic E-state index is 4.91. The molecule has 0 saturated carbocycles. The van der Waals surface area contributed by atoms with Crippen LogP contribution >= 0.6 is 0 Å². The molecule has 0 N–H and O–H groups in total. The summed E-state index contributed by atoms with van der Waals surface area (Å²) in [5.74, 6) is 0. The zero-order valence-electron chi connectivity index (χ0n) is 12.6. The van der Waals surface area contributed by atoms with Crippen molar-refractivity contribution in [3.63, 3.8) is 0 Å². The van der Waals surface area contributed by atoms with Crippen LogP contribution in [0, 0.1) is 6.92 Å². The van der Waals surface area contributed by atoms with Gasteiger partial charge in [0.2, 0.25) is 0 Å². The Bertz CT molecular complexity index is 1230. The fourth-order valence-electron chi connectivity index (χ4n) is 3.17. The van der Waals surface area contributed by atoms with E-state index in [1.807, 2.05) is 24.4 Å². The van der Waals surface area contributed by atoms with Crippen LogP contribution in [0.25, 0.3) is 43.7 Å². The van der Waals surface area contributed by atoms with Crippen molar-refractivity contribution in [1.29, 1.82) is 0 Å². The molecule has 0 radical (unpaired) electrons. The first-order valence-corrected chi connectivity index (χ1v) is 7.64. The maximum Gasteiger partial charge on any atom is 0.116 e. The van der Waals surface area contributed by atoms with E-state index in [1.165, 1.54) is 5.56 Å². The number of aryl methyl sites for hydroxylation is 1. The predicted molar refractivity (Wildman–Crippen MR) is 94.6 cm³/mol. The van der Waals surface area contributed by atoms with Gasteiger partial charge in [-0.15, -0.1) is 0 Å². The van der Waals surface area contributed by atoms with E-state index in [0.717, 1.165) is 43.7 Å². The third-order valence-corrected chi connectivity index (χ3v) is 4.35. The largest absolute Gasteiger partial charge is 0.254 e. The number of pyridine rings is 3. The topological polar surface area (TPSA) is 38.7 Å². The maximum absolute atomic E-state index is 4.91. The number of benzene rings is 2. The van der Waals surface area contributed by atoms with Gasteiger partial charge in [0.05, 0.1) is 16.6 Å².